The van der Waals surface area contributed by atoms with Crippen LogP contribution in [-0.4, -0.2) is 29.9 Å². The number of likely N-dealkylation sites (tertiary alicyclic amines) is 1. The molecule has 1 saturated heterocycles. The lowest BCUT2D eigenvalue weighted by atomic mass is 9.97. The Hall–Kier alpha value is -2.13. The second-order valence-corrected chi connectivity index (χ2v) is 7.18. The normalized spacial score (nSPS) is 19.6. The van der Waals surface area contributed by atoms with Gasteiger partial charge in [0.25, 0.3) is 0 Å². The van der Waals surface area contributed by atoms with Crippen molar-refractivity contribution in [1.29, 1.82) is 0 Å². The molecule has 1 aliphatic heterocycles. The lowest BCUT2D eigenvalue weighted by Gasteiger charge is -2.35. The van der Waals surface area contributed by atoms with Gasteiger partial charge in [-0.1, -0.05) is 67.6 Å². The molecule has 3 rings (SSSR count). The van der Waals surface area contributed by atoms with Crippen LogP contribution in [0.2, 0.25) is 0 Å². The number of carbonyl (C=O) groups excluding carboxylic acids is 1. The molecule has 1 fully saturated rings. The van der Waals surface area contributed by atoms with Crippen LogP contribution in [0.25, 0.3) is 0 Å². The fraction of sp³-hybridized carbons (Fsp3) is 0.409. The Bertz CT molecular complexity index is 631. The van der Waals surface area contributed by atoms with Crippen molar-refractivity contribution in [2.24, 2.45) is 5.92 Å². The summed E-state index contributed by atoms with van der Waals surface area (Å²) in [5.41, 5.74) is 2.22. The number of nitrogens with zero attached hydrogens (tertiary/aromatic N) is 1. The van der Waals surface area contributed by atoms with E-state index < -0.39 is 0 Å². The molecule has 3 heteroatoms. The summed E-state index contributed by atoms with van der Waals surface area (Å²) >= 11 is 0. The monoisotopic (exact) mass is 336 g/mol. The van der Waals surface area contributed by atoms with Gasteiger partial charge in [0.15, 0.2) is 0 Å². The Kier molecular flexibility index (Phi) is 5.87. The molecule has 0 bridgehead atoms. The maximum absolute atomic E-state index is 13.0. The van der Waals surface area contributed by atoms with Crippen LogP contribution in [0.5, 0.6) is 0 Å². The van der Waals surface area contributed by atoms with E-state index >= 15 is 0 Å². The molecule has 0 radical (unpaired) electrons. The van der Waals surface area contributed by atoms with Crippen molar-refractivity contribution in [3.8, 4) is 0 Å². The smallest absolute Gasteiger partial charge is 0.237 e. The van der Waals surface area contributed by atoms with Crippen LogP contribution in [0, 0.1) is 5.92 Å². The predicted octanol–water partition coefficient (Wildman–Crippen LogP) is 4.01. The van der Waals surface area contributed by atoms with E-state index in [-0.39, 0.29) is 18.0 Å². The highest BCUT2D eigenvalue weighted by Crippen LogP contribution is 2.23. The quantitative estimate of drug-likeness (QED) is 0.894. The molecule has 1 heterocycles. The van der Waals surface area contributed by atoms with E-state index in [0.717, 1.165) is 24.2 Å². The van der Waals surface area contributed by atoms with Crippen LogP contribution in [-0.2, 0) is 4.79 Å². The third-order valence-corrected chi connectivity index (χ3v) is 5.17. The molecule has 0 unspecified atom stereocenters. The van der Waals surface area contributed by atoms with Gasteiger partial charge in [0.05, 0.1) is 12.1 Å². The number of hydrogen-bond acceptors (Lipinski definition) is 2. The summed E-state index contributed by atoms with van der Waals surface area (Å²) < 4.78 is 0. The summed E-state index contributed by atoms with van der Waals surface area (Å²) in [5.74, 6) is 0.773. The van der Waals surface area contributed by atoms with Gasteiger partial charge in [-0.3, -0.25) is 9.69 Å². The molecule has 1 aliphatic rings. The highest BCUT2D eigenvalue weighted by atomic mass is 16.2. The maximum atomic E-state index is 13.0. The van der Waals surface area contributed by atoms with E-state index in [1.807, 2.05) is 43.3 Å². The minimum Gasteiger partial charge on any atom is -0.344 e. The van der Waals surface area contributed by atoms with Crippen LogP contribution >= 0.6 is 0 Å². The highest BCUT2D eigenvalue weighted by molar-refractivity contribution is 5.82. The van der Waals surface area contributed by atoms with Crippen molar-refractivity contribution in [2.45, 2.75) is 38.8 Å². The van der Waals surface area contributed by atoms with Gasteiger partial charge in [-0.15, -0.1) is 0 Å². The Morgan fingerprint density at radius 3 is 2.12 bits per heavy atom. The zero-order valence-corrected chi connectivity index (χ0v) is 15.2. The van der Waals surface area contributed by atoms with Crippen LogP contribution in [0.15, 0.2) is 60.7 Å². The van der Waals surface area contributed by atoms with Gasteiger partial charge in [-0.25, -0.2) is 0 Å². The van der Waals surface area contributed by atoms with Crippen molar-refractivity contribution >= 4 is 5.91 Å². The zero-order chi connectivity index (χ0) is 17.6. The Morgan fingerprint density at radius 2 is 1.60 bits per heavy atom. The summed E-state index contributed by atoms with van der Waals surface area (Å²) in [4.78, 5) is 15.3. The third kappa shape index (κ3) is 4.49. The second-order valence-electron chi connectivity index (χ2n) is 7.18. The second kappa shape index (κ2) is 8.30. The van der Waals surface area contributed by atoms with Crippen molar-refractivity contribution in [2.75, 3.05) is 13.1 Å². The first-order valence-corrected chi connectivity index (χ1v) is 9.29. The third-order valence-electron chi connectivity index (χ3n) is 5.17. The SMILES string of the molecule is C[C@@H]1CCCN([C@@H](C)C(=O)NC(c2ccccc2)c2ccccc2)C1. The van der Waals surface area contributed by atoms with E-state index in [2.05, 4.69) is 41.4 Å². The Morgan fingerprint density at radius 1 is 1.04 bits per heavy atom. The van der Waals surface area contributed by atoms with E-state index in [9.17, 15) is 4.79 Å². The summed E-state index contributed by atoms with van der Waals surface area (Å²) in [7, 11) is 0. The molecule has 0 aromatic heterocycles. The van der Waals surface area contributed by atoms with Gasteiger partial charge in [0.2, 0.25) is 5.91 Å². The lowest BCUT2D eigenvalue weighted by molar-refractivity contribution is -0.127. The largest absolute Gasteiger partial charge is 0.344 e. The first kappa shape index (κ1) is 17.7. The topological polar surface area (TPSA) is 32.3 Å². The van der Waals surface area contributed by atoms with Gasteiger partial charge >= 0.3 is 0 Å². The number of piperidine rings is 1. The van der Waals surface area contributed by atoms with Gasteiger partial charge in [-0.2, -0.15) is 0 Å². The standard InChI is InChI=1S/C22H28N2O/c1-17-10-9-15-24(16-17)18(2)22(25)23-21(19-11-5-3-6-12-19)20-13-7-4-8-14-20/h3-8,11-14,17-18,21H,9-10,15-16H2,1-2H3,(H,23,25)/t17-,18+/m1/s1. The number of nitrogens with one attached hydrogen (secondary N) is 1. The van der Waals surface area contributed by atoms with E-state index in [1.54, 1.807) is 0 Å². The molecule has 0 saturated carbocycles. The van der Waals surface area contributed by atoms with Crippen molar-refractivity contribution in [3.05, 3.63) is 71.8 Å². The number of benzene rings is 2. The minimum absolute atomic E-state index is 0.0994. The molecule has 25 heavy (non-hydrogen) atoms. The predicted molar refractivity (Wildman–Crippen MR) is 102 cm³/mol. The summed E-state index contributed by atoms with van der Waals surface area (Å²) in [6.45, 7) is 6.32. The molecule has 132 valence electrons. The summed E-state index contributed by atoms with van der Waals surface area (Å²) in [5, 5.41) is 3.28. The molecule has 2 aromatic carbocycles. The number of carbonyl (C=O) groups is 1. The van der Waals surface area contributed by atoms with E-state index in [4.69, 9.17) is 0 Å². The van der Waals surface area contributed by atoms with E-state index in [1.165, 1.54) is 12.8 Å². The molecular weight excluding hydrogens is 308 g/mol. The van der Waals surface area contributed by atoms with Gasteiger partial charge in [0, 0.05) is 6.54 Å². The number of amides is 1. The molecule has 2 aromatic rings. The highest BCUT2D eigenvalue weighted by Gasteiger charge is 2.27. The molecule has 0 spiro atoms. The lowest BCUT2D eigenvalue weighted by Crippen LogP contribution is -2.49. The average molecular weight is 336 g/mol. The van der Waals surface area contributed by atoms with Crippen molar-refractivity contribution in [3.63, 3.8) is 0 Å². The molecule has 2 atom stereocenters. The fourth-order valence-electron chi connectivity index (χ4n) is 3.66. The zero-order valence-electron chi connectivity index (χ0n) is 15.2. The summed E-state index contributed by atoms with van der Waals surface area (Å²) in [6, 6.07) is 20.2. The minimum atomic E-state index is -0.112. The van der Waals surface area contributed by atoms with Crippen LogP contribution in [0.1, 0.15) is 43.9 Å². The van der Waals surface area contributed by atoms with Gasteiger partial charge < -0.3 is 5.32 Å². The van der Waals surface area contributed by atoms with Crippen LogP contribution in [0.3, 0.4) is 0 Å². The number of rotatable bonds is 5. The van der Waals surface area contributed by atoms with Gasteiger partial charge in [0.1, 0.15) is 0 Å². The molecular formula is C22H28N2O. The number of hydrogen-bond donors (Lipinski definition) is 1. The molecule has 1 amide bonds. The summed E-state index contributed by atoms with van der Waals surface area (Å²) in [6.07, 6.45) is 2.45. The van der Waals surface area contributed by atoms with Crippen molar-refractivity contribution < 1.29 is 4.79 Å². The Labute approximate surface area is 151 Å². The fourth-order valence-corrected chi connectivity index (χ4v) is 3.66. The maximum Gasteiger partial charge on any atom is 0.237 e. The molecule has 3 nitrogen and oxygen atoms in total. The van der Waals surface area contributed by atoms with E-state index in [0.29, 0.717) is 5.92 Å². The first-order valence-electron chi connectivity index (χ1n) is 9.29. The van der Waals surface area contributed by atoms with Crippen LogP contribution < -0.4 is 5.32 Å². The molecule has 0 aliphatic carbocycles. The van der Waals surface area contributed by atoms with Gasteiger partial charge in [-0.05, 0) is 43.4 Å². The van der Waals surface area contributed by atoms with Crippen LogP contribution in [0.4, 0.5) is 0 Å². The average Bonchev–Trinajstić information content (AvgIpc) is 2.66. The molecule has 1 N–H and O–H groups in total. The first-order chi connectivity index (χ1) is 12.1. The van der Waals surface area contributed by atoms with Crippen molar-refractivity contribution in [1.82, 2.24) is 10.2 Å². The Balaban J connectivity index is 1.77.